The average Bonchev–Trinajstić information content (AvgIpc) is 3.48. The number of unbranched alkanes of at least 4 members (excludes halogenated alkanes) is 7. The van der Waals surface area contributed by atoms with Crippen LogP contribution in [0.5, 0.6) is 0 Å². The van der Waals surface area contributed by atoms with Crippen LogP contribution in [0.3, 0.4) is 0 Å². The maximum absolute atomic E-state index is 11.9. The summed E-state index contributed by atoms with van der Waals surface area (Å²) in [6, 6.07) is 3.98. The van der Waals surface area contributed by atoms with Crippen molar-refractivity contribution in [1.29, 1.82) is 0 Å². The van der Waals surface area contributed by atoms with Gasteiger partial charge in [-0.3, -0.25) is 4.79 Å². The summed E-state index contributed by atoms with van der Waals surface area (Å²) in [5.74, 6) is -1.70. The van der Waals surface area contributed by atoms with Crippen molar-refractivity contribution in [2.45, 2.75) is 147 Å². The third kappa shape index (κ3) is 11.8. The Kier molecular flexibility index (Phi) is 15.6. The molecular formula is C31H55NO6. The van der Waals surface area contributed by atoms with Gasteiger partial charge >= 0.3 is 5.97 Å². The highest BCUT2D eigenvalue weighted by Crippen LogP contribution is 2.41. The number of H-pyrrole nitrogens is 1. The Morgan fingerprint density at radius 3 is 2.24 bits per heavy atom. The maximum Gasteiger partial charge on any atom is 0.309 e. The van der Waals surface area contributed by atoms with Crippen LogP contribution in [0.2, 0.25) is 0 Å². The largest absolute Gasteiger partial charge is 0.481 e. The summed E-state index contributed by atoms with van der Waals surface area (Å²) in [4.78, 5) is 15.2. The van der Waals surface area contributed by atoms with Crippen molar-refractivity contribution in [1.82, 2.24) is 4.98 Å². The summed E-state index contributed by atoms with van der Waals surface area (Å²) in [5, 5.41) is 51.1. The predicted molar refractivity (Wildman–Crippen MR) is 151 cm³/mol. The molecule has 1 fully saturated rings. The predicted octanol–water partition coefficient (Wildman–Crippen LogP) is 5.53. The standard InChI is InChI=1S/C31H55NO6/c1-2-3-4-5-8-13-27(34)14-9-6-7-10-15-28(30(36)37)29(35)18-21-31(38)20-11-12-24(31)23-26-17-16-25(32-26)19-22-33/h16-17,24,27-29,32-35,38H,2-15,18-23H2,1H3,(H,36,37). The second kappa shape index (κ2) is 18.0. The number of aliphatic hydroxyl groups excluding tert-OH is 3. The van der Waals surface area contributed by atoms with Gasteiger partial charge < -0.3 is 30.5 Å². The van der Waals surface area contributed by atoms with Crippen molar-refractivity contribution >= 4 is 5.97 Å². The van der Waals surface area contributed by atoms with E-state index < -0.39 is 23.6 Å². The molecule has 2 rings (SSSR count). The lowest BCUT2D eigenvalue weighted by Crippen LogP contribution is -2.37. The van der Waals surface area contributed by atoms with Crippen molar-refractivity contribution in [2.24, 2.45) is 11.8 Å². The van der Waals surface area contributed by atoms with Gasteiger partial charge in [0.1, 0.15) is 0 Å². The smallest absolute Gasteiger partial charge is 0.309 e. The highest BCUT2D eigenvalue weighted by molar-refractivity contribution is 5.70. The lowest BCUT2D eigenvalue weighted by molar-refractivity contribution is -0.146. The zero-order valence-electron chi connectivity index (χ0n) is 23.8. The lowest BCUT2D eigenvalue weighted by atomic mass is 9.81. The number of carbonyl (C=O) groups is 1. The van der Waals surface area contributed by atoms with Crippen molar-refractivity contribution in [3.8, 4) is 0 Å². The van der Waals surface area contributed by atoms with E-state index in [1.54, 1.807) is 0 Å². The van der Waals surface area contributed by atoms with Gasteiger partial charge in [-0.2, -0.15) is 0 Å². The molecule has 7 nitrogen and oxygen atoms in total. The molecule has 1 heterocycles. The average molecular weight is 538 g/mol. The number of nitrogens with one attached hydrogen (secondary N) is 1. The molecule has 1 aliphatic rings. The molecule has 0 spiro atoms. The summed E-state index contributed by atoms with van der Waals surface area (Å²) in [7, 11) is 0. The van der Waals surface area contributed by atoms with Crippen LogP contribution in [0.25, 0.3) is 0 Å². The molecule has 5 atom stereocenters. The van der Waals surface area contributed by atoms with Crippen LogP contribution < -0.4 is 0 Å². The summed E-state index contributed by atoms with van der Waals surface area (Å²) < 4.78 is 0. The summed E-state index contributed by atoms with van der Waals surface area (Å²) in [5.41, 5.74) is 1.14. The Morgan fingerprint density at radius 1 is 0.974 bits per heavy atom. The van der Waals surface area contributed by atoms with Gasteiger partial charge in [0.25, 0.3) is 0 Å². The second-order valence-corrected chi connectivity index (χ2v) is 11.8. The molecule has 0 radical (unpaired) electrons. The zero-order chi connectivity index (χ0) is 27.8. The first-order valence-corrected chi connectivity index (χ1v) is 15.4. The van der Waals surface area contributed by atoms with Gasteiger partial charge in [-0.15, -0.1) is 0 Å². The molecule has 0 amide bonds. The molecule has 5 unspecified atom stereocenters. The van der Waals surface area contributed by atoms with E-state index in [0.29, 0.717) is 32.1 Å². The van der Waals surface area contributed by atoms with E-state index in [0.717, 1.165) is 69.2 Å². The minimum absolute atomic E-state index is 0.0743. The highest BCUT2D eigenvalue weighted by atomic mass is 16.4. The van der Waals surface area contributed by atoms with Gasteiger partial charge in [0, 0.05) is 24.4 Å². The highest BCUT2D eigenvalue weighted by Gasteiger charge is 2.41. The number of aliphatic carboxylic acids is 1. The van der Waals surface area contributed by atoms with Crippen LogP contribution >= 0.6 is 0 Å². The normalized spacial score (nSPS) is 22.0. The second-order valence-electron chi connectivity index (χ2n) is 11.8. The van der Waals surface area contributed by atoms with E-state index >= 15 is 0 Å². The maximum atomic E-state index is 11.9. The Balaban J connectivity index is 1.68. The minimum atomic E-state index is -0.964. The third-order valence-electron chi connectivity index (χ3n) is 8.67. The van der Waals surface area contributed by atoms with Gasteiger partial charge in [-0.05, 0) is 69.4 Å². The molecule has 7 heteroatoms. The molecule has 6 N–H and O–H groups in total. The van der Waals surface area contributed by atoms with Crippen molar-refractivity contribution in [3.05, 3.63) is 23.5 Å². The monoisotopic (exact) mass is 537 g/mol. The van der Waals surface area contributed by atoms with Crippen LogP contribution in [-0.2, 0) is 17.6 Å². The summed E-state index contributed by atoms with van der Waals surface area (Å²) in [6.45, 7) is 2.30. The van der Waals surface area contributed by atoms with Gasteiger partial charge in [-0.1, -0.05) is 71.1 Å². The van der Waals surface area contributed by atoms with Crippen molar-refractivity contribution in [2.75, 3.05) is 6.61 Å². The Morgan fingerprint density at radius 2 is 1.61 bits per heavy atom. The van der Waals surface area contributed by atoms with Gasteiger partial charge in [-0.25, -0.2) is 0 Å². The van der Waals surface area contributed by atoms with Crippen LogP contribution in [0, 0.1) is 11.8 Å². The minimum Gasteiger partial charge on any atom is -0.481 e. The topological polar surface area (TPSA) is 134 Å². The molecule has 0 saturated heterocycles. The Hall–Kier alpha value is -1.41. The Bertz CT molecular complexity index is 767. The van der Waals surface area contributed by atoms with E-state index in [9.17, 15) is 25.2 Å². The van der Waals surface area contributed by atoms with Crippen LogP contribution in [-0.4, -0.2) is 60.9 Å². The van der Waals surface area contributed by atoms with Crippen molar-refractivity contribution < 1.29 is 30.3 Å². The molecule has 38 heavy (non-hydrogen) atoms. The number of carboxylic acids is 1. The van der Waals surface area contributed by atoms with E-state index in [-0.39, 0.29) is 25.0 Å². The molecule has 1 aliphatic carbocycles. The van der Waals surface area contributed by atoms with E-state index in [1.807, 2.05) is 12.1 Å². The third-order valence-corrected chi connectivity index (χ3v) is 8.67. The molecule has 220 valence electrons. The Labute approximate surface area is 230 Å². The number of aliphatic hydroxyl groups is 4. The van der Waals surface area contributed by atoms with Crippen LogP contribution in [0.15, 0.2) is 12.1 Å². The fourth-order valence-corrected chi connectivity index (χ4v) is 6.20. The van der Waals surface area contributed by atoms with Crippen molar-refractivity contribution in [3.63, 3.8) is 0 Å². The SMILES string of the molecule is CCCCCCCC(O)CCCCCCC(C(=O)O)C(O)CCC1(O)CCCC1Cc1ccc(CCO)[nH]1. The molecule has 1 aromatic heterocycles. The molecule has 0 bridgehead atoms. The number of hydrogen-bond donors (Lipinski definition) is 6. The quantitative estimate of drug-likeness (QED) is 0.108. The molecule has 1 aromatic rings. The van der Waals surface area contributed by atoms with Gasteiger partial charge in [0.2, 0.25) is 0 Å². The number of aromatic amines is 1. The van der Waals surface area contributed by atoms with E-state index in [2.05, 4.69) is 11.9 Å². The van der Waals surface area contributed by atoms with Gasteiger partial charge in [0.05, 0.1) is 23.7 Å². The summed E-state index contributed by atoms with van der Waals surface area (Å²) in [6.07, 6.45) is 15.0. The molecule has 0 aliphatic heterocycles. The first-order chi connectivity index (χ1) is 18.3. The fourth-order valence-electron chi connectivity index (χ4n) is 6.20. The number of aromatic nitrogens is 1. The van der Waals surface area contributed by atoms with Crippen LogP contribution in [0.4, 0.5) is 0 Å². The molecular weight excluding hydrogens is 482 g/mol. The first-order valence-electron chi connectivity index (χ1n) is 15.4. The van der Waals surface area contributed by atoms with E-state index in [4.69, 9.17) is 5.11 Å². The zero-order valence-corrected chi connectivity index (χ0v) is 23.8. The van der Waals surface area contributed by atoms with Gasteiger partial charge in [0.15, 0.2) is 0 Å². The summed E-state index contributed by atoms with van der Waals surface area (Å²) >= 11 is 0. The lowest BCUT2D eigenvalue weighted by Gasteiger charge is -2.32. The molecule has 1 saturated carbocycles. The van der Waals surface area contributed by atoms with Crippen LogP contribution in [0.1, 0.15) is 127 Å². The fraction of sp³-hybridized carbons (Fsp3) is 0.839. The first kappa shape index (κ1) is 32.8. The number of rotatable bonds is 22. The number of carboxylic acid groups (broad SMARTS) is 1. The number of hydrogen-bond acceptors (Lipinski definition) is 5. The molecule has 0 aromatic carbocycles. The van der Waals surface area contributed by atoms with E-state index in [1.165, 1.54) is 25.7 Å².